The number of pyridine rings is 1. The average Bonchev–Trinajstić information content (AvgIpc) is 2.67. The van der Waals surface area contributed by atoms with Crippen molar-refractivity contribution >= 4 is 16.8 Å². The first-order valence-electron chi connectivity index (χ1n) is 10.1. The third-order valence-electron chi connectivity index (χ3n) is 5.68. The number of carbonyl (C=O) groups excluding carboxylic acids is 1. The van der Waals surface area contributed by atoms with Gasteiger partial charge in [-0.25, -0.2) is 0 Å². The lowest BCUT2D eigenvalue weighted by atomic mass is 9.94. The van der Waals surface area contributed by atoms with E-state index in [1.807, 2.05) is 25.1 Å². The van der Waals surface area contributed by atoms with Crippen molar-refractivity contribution in [3.8, 4) is 0 Å². The van der Waals surface area contributed by atoms with E-state index in [9.17, 15) is 9.59 Å². The quantitative estimate of drug-likeness (QED) is 0.788. The summed E-state index contributed by atoms with van der Waals surface area (Å²) in [4.78, 5) is 29.7. The Morgan fingerprint density at radius 2 is 2.00 bits per heavy atom. The van der Waals surface area contributed by atoms with Gasteiger partial charge in [-0.05, 0) is 56.8 Å². The Morgan fingerprint density at radius 3 is 2.78 bits per heavy atom. The van der Waals surface area contributed by atoms with Crippen LogP contribution in [0.1, 0.15) is 49.7 Å². The number of amides is 1. The molecule has 1 heterocycles. The fraction of sp³-hybridized carbons (Fsp3) is 0.545. The fourth-order valence-electron chi connectivity index (χ4n) is 3.97. The highest BCUT2D eigenvalue weighted by atomic mass is 16.1. The van der Waals surface area contributed by atoms with E-state index in [1.165, 1.54) is 32.1 Å². The summed E-state index contributed by atoms with van der Waals surface area (Å²) in [6.07, 6.45) is 7.34. The lowest BCUT2D eigenvalue weighted by molar-refractivity contribution is -0.121. The zero-order valence-electron chi connectivity index (χ0n) is 16.5. The summed E-state index contributed by atoms with van der Waals surface area (Å²) in [6, 6.07) is 8.53. The van der Waals surface area contributed by atoms with Crippen molar-refractivity contribution in [3.05, 3.63) is 45.7 Å². The molecule has 1 saturated carbocycles. The number of aryl methyl sites for hydroxylation is 2. The number of fused-ring (bicyclic) bond motifs is 1. The van der Waals surface area contributed by atoms with Gasteiger partial charge in [-0.3, -0.25) is 9.59 Å². The molecule has 1 amide bonds. The molecule has 5 heteroatoms. The lowest BCUT2D eigenvalue weighted by Crippen LogP contribution is -2.39. The maximum Gasteiger partial charge on any atom is 0.251 e. The number of aromatic nitrogens is 1. The number of carbonyl (C=O) groups is 1. The summed E-state index contributed by atoms with van der Waals surface area (Å²) in [6.45, 7) is 3.58. The molecule has 3 rings (SSSR count). The van der Waals surface area contributed by atoms with E-state index in [2.05, 4.69) is 28.3 Å². The molecule has 0 bridgehead atoms. The highest BCUT2D eigenvalue weighted by Crippen LogP contribution is 2.21. The molecule has 0 radical (unpaired) electrons. The lowest BCUT2D eigenvalue weighted by Gasteiger charge is -2.31. The van der Waals surface area contributed by atoms with Crippen LogP contribution in [0.5, 0.6) is 0 Å². The van der Waals surface area contributed by atoms with Crippen molar-refractivity contribution in [2.24, 2.45) is 0 Å². The number of nitrogens with zero attached hydrogens (tertiary/aromatic N) is 1. The van der Waals surface area contributed by atoms with E-state index in [0.29, 0.717) is 31.0 Å². The number of H-pyrrole nitrogens is 1. The second kappa shape index (κ2) is 9.18. The van der Waals surface area contributed by atoms with Gasteiger partial charge in [0.15, 0.2) is 0 Å². The van der Waals surface area contributed by atoms with Crippen LogP contribution in [0, 0.1) is 6.92 Å². The van der Waals surface area contributed by atoms with Gasteiger partial charge < -0.3 is 15.2 Å². The topological polar surface area (TPSA) is 65.2 Å². The monoisotopic (exact) mass is 369 g/mol. The molecule has 27 heavy (non-hydrogen) atoms. The molecule has 1 aromatic heterocycles. The first kappa shape index (κ1) is 19.6. The van der Waals surface area contributed by atoms with Crippen molar-refractivity contribution in [2.45, 2.75) is 57.9 Å². The van der Waals surface area contributed by atoms with Crippen molar-refractivity contribution in [1.29, 1.82) is 0 Å². The second-order valence-electron chi connectivity index (χ2n) is 7.84. The molecule has 5 nitrogen and oxygen atoms in total. The summed E-state index contributed by atoms with van der Waals surface area (Å²) < 4.78 is 0. The minimum atomic E-state index is -0.101. The standard InChI is InChI=1S/C22H31N3O2/c1-16-8-10-20-18(14-16)15-17(22(27)24-20)9-11-21(26)23-12-13-25(2)19-6-4-3-5-7-19/h8,10,14-15,19H,3-7,9,11-13H2,1-2H3,(H,23,26)(H,24,27). The van der Waals surface area contributed by atoms with E-state index in [1.54, 1.807) is 0 Å². The van der Waals surface area contributed by atoms with Crippen LogP contribution >= 0.6 is 0 Å². The normalized spacial score (nSPS) is 15.4. The van der Waals surface area contributed by atoms with Gasteiger partial charge in [0.2, 0.25) is 5.91 Å². The van der Waals surface area contributed by atoms with E-state index >= 15 is 0 Å². The summed E-state index contributed by atoms with van der Waals surface area (Å²) in [5.41, 5.74) is 2.56. The van der Waals surface area contributed by atoms with Gasteiger partial charge in [-0.15, -0.1) is 0 Å². The molecule has 1 fully saturated rings. The Morgan fingerprint density at radius 1 is 1.22 bits per heavy atom. The number of nitrogens with one attached hydrogen (secondary N) is 2. The summed E-state index contributed by atoms with van der Waals surface area (Å²) in [5.74, 6) is 0.00998. The number of aromatic amines is 1. The van der Waals surface area contributed by atoms with Crippen molar-refractivity contribution < 1.29 is 4.79 Å². The minimum Gasteiger partial charge on any atom is -0.355 e. The molecular weight excluding hydrogens is 338 g/mol. The van der Waals surface area contributed by atoms with E-state index < -0.39 is 0 Å². The predicted molar refractivity (Wildman–Crippen MR) is 110 cm³/mol. The Labute approximate surface area is 161 Å². The minimum absolute atomic E-state index is 0.00998. The number of likely N-dealkylation sites (N-methyl/N-ethyl adjacent to an activating group) is 1. The van der Waals surface area contributed by atoms with Crippen LogP contribution < -0.4 is 10.9 Å². The van der Waals surface area contributed by atoms with Crippen LogP contribution in [0.15, 0.2) is 29.1 Å². The third-order valence-corrected chi connectivity index (χ3v) is 5.68. The molecule has 0 spiro atoms. The molecule has 2 N–H and O–H groups in total. The third kappa shape index (κ3) is 5.42. The highest BCUT2D eigenvalue weighted by Gasteiger charge is 2.17. The highest BCUT2D eigenvalue weighted by molar-refractivity contribution is 5.80. The Kier molecular flexibility index (Phi) is 6.67. The van der Waals surface area contributed by atoms with Crippen LogP contribution in [0.2, 0.25) is 0 Å². The molecule has 2 aromatic rings. The molecule has 1 aliphatic carbocycles. The number of rotatable bonds is 7. The van der Waals surface area contributed by atoms with Gasteiger partial charge in [-0.1, -0.05) is 30.9 Å². The van der Waals surface area contributed by atoms with Crippen LogP contribution in [0.3, 0.4) is 0 Å². The molecule has 0 unspecified atom stereocenters. The van der Waals surface area contributed by atoms with E-state index in [4.69, 9.17) is 0 Å². The molecule has 0 atom stereocenters. The molecule has 0 aliphatic heterocycles. The maximum atomic E-state index is 12.2. The first-order valence-corrected chi connectivity index (χ1v) is 10.1. The summed E-state index contributed by atoms with van der Waals surface area (Å²) in [5, 5.41) is 4.01. The predicted octanol–water partition coefficient (Wildman–Crippen LogP) is 3.15. The fourth-order valence-corrected chi connectivity index (χ4v) is 3.97. The SMILES string of the molecule is Cc1ccc2[nH]c(=O)c(CCC(=O)NCCN(C)C3CCCCC3)cc2c1. The smallest absolute Gasteiger partial charge is 0.251 e. The van der Waals surface area contributed by atoms with Gasteiger partial charge in [0.25, 0.3) is 5.56 Å². The van der Waals surface area contributed by atoms with Crippen LogP contribution in [-0.2, 0) is 11.2 Å². The van der Waals surface area contributed by atoms with E-state index in [-0.39, 0.29) is 11.5 Å². The van der Waals surface area contributed by atoms with Crippen molar-refractivity contribution in [1.82, 2.24) is 15.2 Å². The van der Waals surface area contributed by atoms with Gasteiger partial charge in [0.1, 0.15) is 0 Å². The zero-order chi connectivity index (χ0) is 19.2. The van der Waals surface area contributed by atoms with Crippen molar-refractivity contribution in [2.75, 3.05) is 20.1 Å². The summed E-state index contributed by atoms with van der Waals surface area (Å²) >= 11 is 0. The van der Waals surface area contributed by atoms with Gasteiger partial charge in [0.05, 0.1) is 0 Å². The van der Waals surface area contributed by atoms with Crippen LogP contribution in [0.4, 0.5) is 0 Å². The molecule has 1 aliphatic rings. The summed E-state index contributed by atoms with van der Waals surface area (Å²) in [7, 11) is 2.15. The number of hydrogen-bond acceptors (Lipinski definition) is 3. The van der Waals surface area contributed by atoms with Crippen molar-refractivity contribution in [3.63, 3.8) is 0 Å². The Balaban J connectivity index is 1.46. The first-order chi connectivity index (χ1) is 13.0. The number of benzene rings is 1. The largest absolute Gasteiger partial charge is 0.355 e. The Bertz CT molecular complexity index is 837. The molecular formula is C22H31N3O2. The van der Waals surface area contributed by atoms with Gasteiger partial charge in [-0.2, -0.15) is 0 Å². The molecule has 0 saturated heterocycles. The van der Waals surface area contributed by atoms with Crippen LogP contribution in [0.25, 0.3) is 10.9 Å². The van der Waals surface area contributed by atoms with Gasteiger partial charge in [0, 0.05) is 36.6 Å². The number of hydrogen-bond donors (Lipinski definition) is 2. The van der Waals surface area contributed by atoms with Gasteiger partial charge >= 0.3 is 0 Å². The Hall–Kier alpha value is -2.14. The molecule has 1 aromatic carbocycles. The van der Waals surface area contributed by atoms with E-state index in [0.717, 1.165) is 23.0 Å². The maximum absolute atomic E-state index is 12.2. The average molecular weight is 370 g/mol. The second-order valence-corrected chi connectivity index (χ2v) is 7.84. The molecule has 146 valence electrons. The van der Waals surface area contributed by atoms with Crippen LogP contribution in [-0.4, -0.2) is 42.0 Å². The zero-order valence-corrected chi connectivity index (χ0v) is 16.5.